The number of hydrogen-bond donors (Lipinski definition) is 4. The number of aryl methyl sites for hydroxylation is 2. The van der Waals surface area contributed by atoms with Crippen molar-refractivity contribution in [3.8, 4) is 11.5 Å². The number of amides is 4. The summed E-state index contributed by atoms with van der Waals surface area (Å²) in [6.07, 6.45) is 8.17. The van der Waals surface area contributed by atoms with E-state index in [-0.39, 0.29) is 37.7 Å². The van der Waals surface area contributed by atoms with Crippen LogP contribution in [0.5, 0.6) is 11.5 Å². The molecule has 20 nitrogen and oxygen atoms in total. The molecule has 4 amide bonds. The number of nitrogens with one attached hydrogen (secondary N) is 2. The van der Waals surface area contributed by atoms with Crippen molar-refractivity contribution in [3.63, 3.8) is 0 Å². The molecule has 6 rings (SSSR count). The Labute approximate surface area is 468 Å². The Balaban J connectivity index is 1.11. The maximum atomic E-state index is 14.1. The van der Waals surface area contributed by atoms with Crippen LogP contribution in [0, 0.1) is 10.8 Å². The minimum Gasteiger partial charge on any atom is -0.466 e. The summed E-state index contributed by atoms with van der Waals surface area (Å²) < 4.78 is 24.6. The Kier molecular flexibility index (Phi) is 22.4. The maximum absolute atomic E-state index is 14.1. The van der Waals surface area contributed by atoms with Gasteiger partial charge in [-0.25, -0.2) is 9.59 Å². The molecule has 2 unspecified atom stereocenters. The number of primary amides is 2. The number of carbonyl (C=O) groups excluding carboxylic acids is 8. The van der Waals surface area contributed by atoms with Gasteiger partial charge in [-0.2, -0.15) is 0 Å². The largest absolute Gasteiger partial charge is 0.466 e. The fourth-order valence-corrected chi connectivity index (χ4v) is 9.37. The number of likely N-dealkylation sites (tertiary alicyclic amines) is 2. The van der Waals surface area contributed by atoms with E-state index in [0.29, 0.717) is 88.2 Å². The van der Waals surface area contributed by atoms with Gasteiger partial charge in [0.05, 0.1) is 0 Å². The lowest BCUT2D eigenvalue weighted by atomic mass is 9.84. The van der Waals surface area contributed by atoms with Gasteiger partial charge in [0.2, 0.25) is 24.0 Å². The molecule has 2 saturated heterocycles. The molecule has 2 aromatic carbocycles. The van der Waals surface area contributed by atoms with Crippen LogP contribution in [0.2, 0.25) is 0 Å². The fraction of sp³-hybridized carbons (Fsp3) is 0.500. The molecule has 0 aliphatic carbocycles. The van der Waals surface area contributed by atoms with Gasteiger partial charge >= 0.3 is 11.9 Å². The van der Waals surface area contributed by atoms with E-state index >= 15 is 0 Å². The number of benzene rings is 2. The summed E-state index contributed by atoms with van der Waals surface area (Å²) in [6, 6.07) is 18.9. The molecular formula is C60H78N8O12. The summed E-state index contributed by atoms with van der Waals surface area (Å²) in [4.78, 5) is 119. The van der Waals surface area contributed by atoms with Crippen molar-refractivity contribution < 1.29 is 57.3 Å². The molecular weight excluding hydrogens is 1020 g/mol. The van der Waals surface area contributed by atoms with Crippen molar-refractivity contribution in [2.75, 3.05) is 26.2 Å². The average molecular weight is 1100 g/mol. The van der Waals surface area contributed by atoms with Crippen molar-refractivity contribution in [2.45, 2.75) is 155 Å². The number of nitrogens with zero attached hydrogens (tertiary/aromatic N) is 4. The summed E-state index contributed by atoms with van der Waals surface area (Å²) in [7, 11) is 0. The van der Waals surface area contributed by atoms with E-state index in [4.69, 9.17) is 30.4 Å². The highest BCUT2D eigenvalue weighted by atomic mass is 16.6. The Bertz CT molecular complexity index is 2590. The molecule has 20 heteroatoms. The number of pyridine rings is 2. The van der Waals surface area contributed by atoms with Gasteiger partial charge in [-0.3, -0.25) is 49.4 Å². The number of esters is 2. The van der Waals surface area contributed by atoms with Crippen molar-refractivity contribution >= 4 is 47.1 Å². The lowest BCUT2D eigenvalue weighted by molar-refractivity contribution is -0.165. The van der Waals surface area contributed by atoms with Gasteiger partial charge < -0.3 is 40.2 Å². The second-order valence-electron chi connectivity index (χ2n) is 21.7. The second-order valence-corrected chi connectivity index (χ2v) is 21.7. The number of carbonyl (C=O) groups is 8. The zero-order chi connectivity index (χ0) is 58.0. The van der Waals surface area contributed by atoms with Crippen LogP contribution < -0.4 is 31.6 Å². The van der Waals surface area contributed by atoms with Crippen LogP contribution in [-0.2, 0) is 60.7 Å². The van der Waals surface area contributed by atoms with Gasteiger partial charge in [0.15, 0.2) is 0 Å². The monoisotopic (exact) mass is 1100 g/mol. The molecule has 0 radical (unpaired) electrons. The van der Waals surface area contributed by atoms with Gasteiger partial charge in [0, 0.05) is 61.8 Å². The third-order valence-corrected chi connectivity index (χ3v) is 15.1. The van der Waals surface area contributed by atoms with Crippen LogP contribution in [0.3, 0.4) is 0 Å². The lowest BCUT2D eigenvalue weighted by Gasteiger charge is -2.36. The van der Waals surface area contributed by atoms with Crippen molar-refractivity contribution in [3.05, 3.63) is 120 Å². The SMILES string of the molecule is CCC(C)(C)C(=O)C(=O)N1CCCC[C@H]1C(=O)O[C@H](CCc1cccnc1)c1cccc(OC(NCCNC(Oc2cccc([C@@H](CCc3cccnc3)OC(=O)[C@@H]3CCCCN3C(=O)C(=O)C(C)(C)CC)c2)C(N)=O)C(N)=O)c1. The number of hydrogen-bond acceptors (Lipinski definition) is 16. The Morgan fingerprint density at radius 2 is 0.988 bits per heavy atom. The van der Waals surface area contributed by atoms with Crippen LogP contribution >= 0.6 is 0 Å². The van der Waals surface area contributed by atoms with E-state index in [0.717, 1.165) is 11.1 Å². The molecule has 430 valence electrons. The number of rotatable bonds is 29. The molecule has 0 saturated carbocycles. The molecule has 2 fully saturated rings. The average Bonchev–Trinajstić information content (AvgIpc) is 3.52. The highest BCUT2D eigenvalue weighted by Gasteiger charge is 2.43. The maximum Gasteiger partial charge on any atom is 0.329 e. The van der Waals surface area contributed by atoms with Gasteiger partial charge in [0.25, 0.3) is 23.6 Å². The third kappa shape index (κ3) is 17.0. The van der Waals surface area contributed by atoms with E-state index < -0.39 is 94.7 Å². The van der Waals surface area contributed by atoms with Crippen LogP contribution in [-0.4, -0.2) is 118 Å². The van der Waals surface area contributed by atoms with Crippen molar-refractivity contribution in [1.82, 2.24) is 30.4 Å². The smallest absolute Gasteiger partial charge is 0.329 e. The normalized spacial score (nSPS) is 17.2. The van der Waals surface area contributed by atoms with Crippen LogP contribution in [0.25, 0.3) is 0 Å². The number of ether oxygens (including phenoxy) is 4. The first kappa shape index (κ1) is 61.6. The minimum absolute atomic E-state index is 0.0228. The number of aromatic nitrogens is 2. The zero-order valence-electron chi connectivity index (χ0n) is 46.9. The second kappa shape index (κ2) is 29.0. The molecule has 0 bridgehead atoms. The van der Waals surface area contributed by atoms with Gasteiger partial charge in [0.1, 0.15) is 35.8 Å². The number of Topliss-reactive ketones (excluding diaryl/α,β-unsaturated/α-hetero) is 2. The Hall–Kier alpha value is -7.58. The van der Waals surface area contributed by atoms with Crippen LogP contribution in [0.15, 0.2) is 97.6 Å². The van der Waals surface area contributed by atoms with Gasteiger partial charge in [-0.15, -0.1) is 0 Å². The summed E-state index contributed by atoms with van der Waals surface area (Å²) >= 11 is 0. The Morgan fingerprint density at radius 1 is 0.588 bits per heavy atom. The van der Waals surface area contributed by atoms with Crippen molar-refractivity contribution in [1.29, 1.82) is 0 Å². The first-order valence-corrected chi connectivity index (χ1v) is 27.7. The predicted octanol–water partition coefficient (Wildman–Crippen LogP) is 5.94. The van der Waals surface area contributed by atoms with Crippen LogP contribution in [0.4, 0.5) is 0 Å². The first-order valence-electron chi connectivity index (χ1n) is 27.7. The standard InChI is InChI=1S/C60H78N8O12/c1-7-59(3,4)49(69)55(73)67-33-11-9-23-45(67)57(75)79-47(27-25-39-17-15-29-63-37-39)41-19-13-21-43(35-41)77-53(51(61)71)65-31-32-66-54(52(62)72)78-44-22-14-20-42(36-44)48(28-26-40-18-16-30-64-38-40)80-58(76)46-24-10-12-34-68(46)56(74)50(70)60(5,6)8-2/h13-22,29-30,35-38,45-48,53-54,65-66H,7-12,23-28,31-34H2,1-6H3,(H2,61,71)(H2,62,72)/t45-,46-,47+,48+,53?,54?/m0/s1. The zero-order valence-corrected chi connectivity index (χ0v) is 46.9. The van der Waals surface area contributed by atoms with E-state index in [1.165, 1.54) is 9.80 Å². The number of ketones is 2. The number of piperidine rings is 2. The molecule has 4 heterocycles. The molecule has 2 aliphatic heterocycles. The lowest BCUT2D eigenvalue weighted by Crippen LogP contribution is -2.53. The molecule has 6 atom stereocenters. The summed E-state index contributed by atoms with van der Waals surface area (Å²) in [5.74, 6) is -5.05. The van der Waals surface area contributed by atoms with E-state index in [9.17, 15) is 38.4 Å². The van der Waals surface area contributed by atoms with Gasteiger partial charge in [-0.1, -0.05) is 77.9 Å². The van der Waals surface area contributed by atoms with Crippen molar-refractivity contribution in [2.24, 2.45) is 22.3 Å². The van der Waals surface area contributed by atoms with E-state index in [1.54, 1.807) is 101 Å². The quantitative estimate of drug-likeness (QED) is 0.0212. The highest BCUT2D eigenvalue weighted by Crippen LogP contribution is 2.33. The molecule has 80 heavy (non-hydrogen) atoms. The van der Waals surface area contributed by atoms with Crippen LogP contribution in [0.1, 0.15) is 140 Å². The minimum atomic E-state index is -1.37. The molecule has 4 aromatic rings. The molecule has 2 aromatic heterocycles. The third-order valence-electron chi connectivity index (χ3n) is 15.1. The summed E-state index contributed by atoms with van der Waals surface area (Å²) in [5, 5.41) is 5.88. The molecule has 2 aliphatic rings. The van der Waals surface area contributed by atoms with Gasteiger partial charge in [-0.05, 0) is 136 Å². The Morgan fingerprint density at radius 3 is 1.34 bits per heavy atom. The molecule has 6 N–H and O–H groups in total. The summed E-state index contributed by atoms with van der Waals surface area (Å²) in [5.41, 5.74) is 12.7. The van der Waals surface area contributed by atoms with E-state index in [1.807, 2.05) is 38.1 Å². The summed E-state index contributed by atoms with van der Waals surface area (Å²) in [6.45, 7) is 11.1. The molecule has 0 spiro atoms. The predicted molar refractivity (Wildman–Crippen MR) is 296 cm³/mol. The van der Waals surface area contributed by atoms with E-state index in [2.05, 4.69) is 20.6 Å². The highest BCUT2D eigenvalue weighted by molar-refractivity contribution is 6.38. The fourth-order valence-electron chi connectivity index (χ4n) is 9.37. The first-order chi connectivity index (χ1) is 38.2. The number of nitrogens with two attached hydrogens (primary N) is 2. The topological polar surface area (TPSA) is 282 Å².